The number of benzene rings is 4. The first-order chi connectivity index (χ1) is 22.5. The minimum absolute atomic E-state index is 0.0959. The van der Waals surface area contributed by atoms with Crippen LogP contribution in [0, 0.1) is 0 Å². The fourth-order valence-electron chi connectivity index (χ4n) is 5.03. The Bertz CT molecular complexity index is 1350. The van der Waals surface area contributed by atoms with Gasteiger partial charge in [-0.1, -0.05) is 128 Å². The molecule has 0 bridgehead atoms. The van der Waals surface area contributed by atoms with Gasteiger partial charge < -0.3 is 31.9 Å². The summed E-state index contributed by atoms with van der Waals surface area (Å²) in [6, 6.07) is 40.2. The van der Waals surface area contributed by atoms with Crippen molar-refractivity contribution >= 4 is 5.97 Å². The van der Waals surface area contributed by atoms with Crippen LogP contribution in [0.5, 0.6) is 0 Å². The summed E-state index contributed by atoms with van der Waals surface area (Å²) in [4.78, 5) is 10.4. The van der Waals surface area contributed by atoms with Crippen LogP contribution in [-0.2, 0) is 22.4 Å². The molecule has 0 radical (unpaired) electrons. The standard InChI is InChI=1S/C11H15NO.2C10H15N.C9H11NO2/c1-9-11(13-8-7-12-9)10-5-3-2-4-6-10;1-10(2,11)8-9-6-4-3-5-7-9;1-9(8-11-2)10-6-4-3-5-7-10;10-8(9(11)12)6-7-4-2-1-3-5-7/h2-6,9,11-12H,7-8H2,1H3;3-7H,8,11H2,1-2H3;3-7,9,11H,8H2,1-2H3;1-5,8H,6,10H2,(H,11,12). The lowest BCUT2D eigenvalue weighted by molar-refractivity contribution is -0.138. The van der Waals surface area contributed by atoms with Gasteiger partial charge in [0.05, 0.1) is 12.7 Å². The van der Waals surface area contributed by atoms with Crippen LogP contribution in [0.1, 0.15) is 62.0 Å². The van der Waals surface area contributed by atoms with Crippen molar-refractivity contribution in [3.63, 3.8) is 0 Å². The average Bonchev–Trinajstić information content (AvgIpc) is 3.07. The lowest BCUT2D eigenvalue weighted by Crippen LogP contribution is -2.41. The molecule has 4 unspecified atom stereocenters. The molecule has 5 rings (SSSR count). The smallest absolute Gasteiger partial charge is 0.320 e. The van der Waals surface area contributed by atoms with Crippen molar-refractivity contribution in [3.8, 4) is 0 Å². The van der Waals surface area contributed by atoms with Crippen LogP contribution >= 0.6 is 0 Å². The molecule has 4 aromatic rings. The van der Waals surface area contributed by atoms with Crippen molar-refractivity contribution in [3.05, 3.63) is 144 Å². The third-order valence-electron chi connectivity index (χ3n) is 7.45. The third kappa shape index (κ3) is 17.0. The molecule has 1 fully saturated rings. The van der Waals surface area contributed by atoms with E-state index in [1.54, 1.807) is 0 Å². The zero-order valence-electron chi connectivity index (χ0n) is 28.8. The van der Waals surface area contributed by atoms with Gasteiger partial charge in [0.1, 0.15) is 6.04 Å². The molecule has 254 valence electrons. The van der Waals surface area contributed by atoms with E-state index in [2.05, 4.69) is 91.2 Å². The van der Waals surface area contributed by atoms with Gasteiger partial charge in [0, 0.05) is 24.7 Å². The summed E-state index contributed by atoms with van der Waals surface area (Å²) in [6.07, 6.45) is 1.54. The van der Waals surface area contributed by atoms with Crippen LogP contribution < -0.4 is 22.1 Å². The number of hydrogen-bond donors (Lipinski definition) is 5. The summed E-state index contributed by atoms with van der Waals surface area (Å²) in [5.41, 5.74) is 16.0. The number of nitrogens with one attached hydrogen (secondary N) is 2. The van der Waals surface area contributed by atoms with Gasteiger partial charge in [0.15, 0.2) is 0 Å². The van der Waals surface area contributed by atoms with E-state index in [1.807, 2.05) is 75.5 Å². The Balaban J connectivity index is 0.000000219. The fourth-order valence-corrected chi connectivity index (χ4v) is 5.03. The zero-order chi connectivity index (χ0) is 34.5. The van der Waals surface area contributed by atoms with Crippen LogP contribution in [0.2, 0.25) is 0 Å². The van der Waals surface area contributed by atoms with Crippen LogP contribution in [0.4, 0.5) is 0 Å². The Kier molecular flexibility index (Phi) is 18.3. The number of aliphatic carboxylic acids is 1. The summed E-state index contributed by atoms with van der Waals surface area (Å²) < 4.78 is 5.71. The molecule has 0 aromatic heterocycles. The normalized spacial score (nSPS) is 16.8. The Morgan fingerprint density at radius 3 is 1.85 bits per heavy atom. The maximum Gasteiger partial charge on any atom is 0.320 e. The fraction of sp³-hybridized carbons (Fsp3) is 0.375. The number of likely N-dealkylation sites (N-methyl/N-ethyl adjacent to an activating group) is 1. The molecule has 0 saturated carbocycles. The molecule has 7 heteroatoms. The van der Waals surface area contributed by atoms with Crippen molar-refractivity contribution in [2.45, 2.75) is 70.2 Å². The van der Waals surface area contributed by atoms with E-state index in [4.69, 9.17) is 21.3 Å². The lowest BCUT2D eigenvalue weighted by atomic mass is 9.96. The first-order valence-corrected chi connectivity index (χ1v) is 16.4. The molecule has 1 aliphatic rings. The number of carbonyl (C=O) groups is 1. The van der Waals surface area contributed by atoms with E-state index in [0.717, 1.165) is 31.7 Å². The average molecular weight is 641 g/mol. The molecule has 0 spiro atoms. The minimum Gasteiger partial charge on any atom is -0.480 e. The first-order valence-electron chi connectivity index (χ1n) is 16.4. The molecule has 0 aliphatic carbocycles. The monoisotopic (exact) mass is 640 g/mol. The van der Waals surface area contributed by atoms with E-state index < -0.39 is 12.0 Å². The largest absolute Gasteiger partial charge is 0.480 e. The van der Waals surface area contributed by atoms with E-state index in [0.29, 0.717) is 18.4 Å². The predicted molar refractivity (Wildman–Crippen MR) is 196 cm³/mol. The van der Waals surface area contributed by atoms with Crippen molar-refractivity contribution in [1.82, 2.24) is 10.6 Å². The number of nitrogens with two attached hydrogens (primary N) is 2. The van der Waals surface area contributed by atoms with Gasteiger partial charge in [-0.2, -0.15) is 0 Å². The highest BCUT2D eigenvalue weighted by Crippen LogP contribution is 2.22. The Morgan fingerprint density at radius 2 is 1.38 bits per heavy atom. The number of ether oxygens (including phenoxy) is 1. The molecule has 1 aliphatic heterocycles. The van der Waals surface area contributed by atoms with E-state index in [1.165, 1.54) is 16.7 Å². The SMILES string of the molecule is CC(C)(N)Cc1ccccc1.CC1NCCOC1c1ccccc1.CNCC(C)c1ccccc1.NC(Cc1ccccc1)C(=O)O. The highest BCUT2D eigenvalue weighted by molar-refractivity contribution is 5.73. The molecule has 7 N–H and O–H groups in total. The van der Waals surface area contributed by atoms with Crippen molar-refractivity contribution < 1.29 is 14.6 Å². The second-order valence-corrected chi connectivity index (χ2v) is 12.6. The summed E-state index contributed by atoms with van der Waals surface area (Å²) in [5, 5.41) is 15.1. The number of rotatable bonds is 9. The summed E-state index contributed by atoms with van der Waals surface area (Å²) in [6.45, 7) is 11.3. The Hall–Kier alpha value is -3.85. The summed E-state index contributed by atoms with van der Waals surface area (Å²) in [7, 11) is 1.99. The first kappa shape index (κ1) is 39.3. The molecule has 1 heterocycles. The van der Waals surface area contributed by atoms with Crippen molar-refractivity contribution in [2.75, 3.05) is 26.7 Å². The molecule has 1 saturated heterocycles. The number of carboxylic acid groups (broad SMARTS) is 1. The van der Waals surface area contributed by atoms with Gasteiger partial charge in [0.25, 0.3) is 0 Å². The zero-order valence-corrected chi connectivity index (χ0v) is 28.8. The minimum atomic E-state index is -0.959. The molecule has 7 nitrogen and oxygen atoms in total. The quantitative estimate of drug-likeness (QED) is 0.144. The van der Waals surface area contributed by atoms with Gasteiger partial charge in [-0.15, -0.1) is 0 Å². The van der Waals surface area contributed by atoms with E-state index in [-0.39, 0.29) is 11.6 Å². The topological polar surface area (TPSA) is 123 Å². The van der Waals surface area contributed by atoms with Crippen LogP contribution in [0.15, 0.2) is 121 Å². The van der Waals surface area contributed by atoms with Gasteiger partial charge in [-0.05, 0) is 68.8 Å². The second-order valence-electron chi connectivity index (χ2n) is 12.6. The van der Waals surface area contributed by atoms with Crippen molar-refractivity contribution in [2.24, 2.45) is 11.5 Å². The molecule has 47 heavy (non-hydrogen) atoms. The highest BCUT2D eigenvalue weighted by Gasteiger charge is 2.22. The van der Waals surface area contributed by atoms with E-state index >= 15 is 0 Å². The molecular weight excluding hydrogens is 584 g/mol. The second kappa shape index (κ2) is 21.9. The van der Waals surface area contributed by atoms with Gasteiger partial charge >= 0.3 is 5.97 Å². The Labute approximate surface area is 282 Å². The highest BCUT2D eigenvalue weighted by atomic mass is 16.5. The molecule has 0 amide bonds. The molecule has 4 atom stereocenters. The predicted octanol–water partition coefficient (Wildman–Crippen LogP) is 6.35. The number of hydrogen-bond acceptors (Lipinski definition) is 6. The lowest BCUT2D eigenvalue weighted by Gasteiger charge is -2.30. The maximum absolute atomic E-state index is 10.4. The number of morpholine rings is 1. The van der Waals surface area contributed by atoms with Crippen molar-refractivity contribution in [1.29, 1.82) is 0 Å². The Morgan fingerprint density at radius 1 is 0.894 bits per heavy atom. The van der Waals surface area contributed by atoms with Crippen LogP contribution in [0.3, 0.4) is 0 Å². The molecule has 4 aromatic carbocycles. The number of carboxylic acids is 1. The van der Waals surface area contributed by atoms with Crippen LogP contribution in [-0.4, -0.2) is 55.4 Å². The van der Waals surface area contributed by atoms with Gasteiger partial charge in [0.2, 0.25) is 0 Å². The molecular formula is C40H56N4O3. The maximum atomic E-state index is 10.4. The van der Waals surface area contributed by atoms with E-state index in [9.17, 15) is 4.79 Å². The summed E-state index contributed by atoms with van der Waals surface area (Å²) >= 11 is 0. The van der Waals surface area contributed by atoms with Gasteiger partial charge in [-0.25, -0.2) is 0 Å². The van der Waals surface area contributed by atoms with Gasteiger partial charge in [-0.3, -0.25) is 4.79 Å². The summed E-state index contributed by atoms with van der Waals surface area (Å²) in [5.74, 6) is -0.347. The van der Waals surface area contributed by atoms with Crippen LogP contribution in [0.25, 0.3) is 0 Å². The third-order valence-corrected chi connectivity index (χ3v) is 7.45.